The second-order valence-electron chi connectivity index (χ2n) is 3.15. The van der Waals surface area contributed by atoms with Crippen LogP contribution in [0.3, 0.4) is 0 Å². The average Bonchev–Trinajstić information content (AvgIpc) is 2.21. The molecule has 0 aliphatic carbocycles. The van der Waals surface area contributed by atoms with Gasteiger partial charge >= 0.3 is 0 Å². The van der Waals surface area contributed by atoms with Crippen molar-refractivity contribution in [1.29, 1.82) is 0 Å². The number of benzene rings is 1. The maximum atomic E-state index is 8.87. The van der Waals surface area contributed by atoms with E-state index in [2.05, 4.69) is 0 Å². The van der Waals surface area contributed by atoms with E-state index in [0.29, 0.717) is 0 Å². The van der Waals surface area contributed by atoms with Gasteiger partial charge in [-0.25, -0.2) is 0 Å². The molecule has 2 heteroatoms. The lowest BCUT2D eigenvalue weighted by molar-refractivity contribution is 0.129. The maximum absolute atomic E-state index is 8.87. The van der Waals surface area contributed by atoms with Gasteiger partial charge in [-0.1, -0.05) is 30.4 Å². The highest BCUT2D eigenvalue weighted by molar-refractivity contribution is 5.56. The SMILES string of the molecule is C/C=C/c1ccccc1OC(C)CO. The first-order chi connectivity index (χ1) is 6.77. The second-order valence-corrected chi connectivity index (χ2v) is 3.15. The van der Waals surface area contributed by atoms with E-state index in [1.165, 1.54) is 0 Å². The third kappa shape index (κ3) is 2.89. The van der Waals surface area contributed by atoms with E-state index in [-0.39, 0.29) is 12.7 Å². The van der Waals surface area contributed by atoms with E-state index in [1.807, 2.05) is 50.3 Å². The van der Waals surface area contributed by atoms with Gasteiger partial charge in [0.1, 0.15) is 11.9 Å². The maximum Gasteiger partial charge on any atom is 0.127 e. The number of aliphatic hydroxyl groups is 1. The first-order valence-electron chi connectivity index (χ1n) is 4.77. The topological polar surface area (TPSA) is 29.5 Å². The van der Waals surface area contributed by atoms with Crippen molar-refractivity contribution in [3.63, 3.8) is 0 Å². The Labute approximate surface area is 84.8 Å². The minimum absolute atomic E-state index is 0.0319. The number of hydrogen-bond acceptors (Lipinski definition) is 2. The van der Waals surface area contributed by atoms with Crippen LogP contribution in [0.5, 0.6) is 5.75 Å². The van der Waals surface area contributed by atoms with Gasteiger partial charge in [0, 0.05) is 5.56 Å². The number of aliphatic hydroxyl groups excluding tert-OH is 1. The summed E-state index contributed by atoms with van der Waals surface area (Å²) in [6.45, 7) is 3.84. The van der Waals surface area contributed by atoms with E-state index in [4.69, 9.17) is 9.84 Å². The largest absolute Gasteiger partial charge is 0.488 e. The van der Waals surface area contributed by atoms with Crippen LogP contribution < -0.4 is 4.74 Å². The summed E-state index contributed by atoms with van der Waals surface area (Å²) in [6, 6.07) is 7.78. The van der Waals surface area contributed by atoms with E-state index >= 15 is 0 Å². The molecule has 0 aromatic heterocycles. The van der Waals surface area contributed by atoms with Gasteiger partial charge in [0.25, 0.3) is 0 Å². The Bertz CT molecular complexity index is 305. The Balaban J connectivity index is 2.84. The van der Waals surface area contributed by atoms with E-state index in [0.717, 1.165) is 11.3 Å². The number of ether oxygens (including phenoxy) is 1. The summed E-state index contributed by atoms with van der Waals surface area (Å²) in [6.07, 6.45) is 3.78. The number of para-hydroxylation sites is 1. The normalized spacial score (nSPS) is 13.1. The highest BCUT2D eigenvalue weighted by Gasteiger charge is 2.04. The molecule has 0 saturated heterocycles. The molecule has 0 aliphatic rings. The minimum atomic E-state index is -0.165. The number of rotatable bonds is 4. The van der Waals surface area contributed by atoms with Crippen LogP contribution in [0.1, 0.15) is 19.4 Å². The summed E-state index contributed by atoms with van der Waals surface area (Å²) in [5, 5.41) is 8.87. The van der Waals surface area contributed by atoms with E-state index in [1.54, 1.807) is 0 Å². The zero-order valence-electron chi connectivity index (χ0n) is 8.60. The molecule has 76 valence electrons. The quantitative estimate of drug-likeness (QED) is 0.794. The van der Waals surface area contributed by atoms with Gasteiger partial charge in [-0.15, -0.1) is 0 Å². The van der Waals surface area contributed by atoms with E-state index < -0.39 is 0 Å². The zero-order chi connectivity index (χ0) is 10.4. The Morgan fingerprint density at radius 2 is 2.14 bits per heavy atom. The van der Waals surface area contributed by atoms with Gasteiger partial charge in [0.2, 0.25) is 0 Å². The van der Waals surface area contributed by atoms with Crippen LogP contribution in [0.2, 0.25) is 0 Å². The van der Waals surface area contributed by atoms with Crippen LogP contribution in [0, 0.1) is 0 Å². The molecular weight excluding hydrogens is 176 g/mol. The first kappa shape index (κ1) is 10.8. The third-order valence-electron chi connectivity index (χ3n) is 1.85. The lowest BCUT2D eigenvalue weighted by atomic mass is 10.2. The Morgan fingerprint density at radius 3 is 2.79 bits per heavy atom. The molecule has 0 amide bonds. The van der Waals surface area contributed by atoms with Crippen molar-refractivity contribution < 1.29 is 9.84 Å². The minimum Gasteiger partial charge on any atom is -0.488 e. The van der Waals surface area contributed by atoms with Gasteiger partial charge < -0.3 is 9.84 Å². The van der Waals surface area contributed by atoms with Crippen LogP contribution in [-0.2, 0) is 0 Å². The zero-order valence-corrected chi connectivity index (χ0v) is 8.60. The average molecular weight is 192 g/mol. The molecule has 0 saturated carbocycles. The van der Waals surface area contributed by atoms with Crippen molar-refractivity contribution in [1.82, 2.24) is 0 Å². The molecule has 1 aromatic carbocycles. The Hall–Kier alpha value is -1.28. The van der Waals surface area contributed by atoms with Gasteiger partial charge in [-0.2, -0.15) is 0 Å². The predicted octanol–water partition coefficient (Wildman–Crippen LogP) is 2.48. The summed E-state index contributed by atoms with van der Waals surface area (Å²) in [5.41, 5.74) is 1.04. The monoisotopic (exact) mass is 192 g/mol. The van der Waals surface area contributed by atoms with Crippen molar-refractivity contribution in [3.05, 3.63) is 35.9 Å². The third-order valence-corrected chi connectivity index (χ3v) is 1.85. The molecule has 1 aromatic rings. The van der Waals surface area contributed by atoms with Gasteiger partial charge in [0.05, 0.1) is 6.61 Å². The van der Waals surface area contributed by atoms with Gasteiger partial charge in [0.15, 0.2) is 0 Å². The second kappa shape index (κ2) is 5.45. The van der Waals surface area contributed by atoms with Crippen LogP contribution >= 0.6 is 0 Å². The summed E-state index contributed by atoms with van der Waals surface area (Å²) < 4.78 is 5.55. The Morgan fingerprint density at radius 1 is 1.43 bits per heavy atom. The molecule has 0 spiro atoms. The summed E-state index contributed by atoms with van der Waals surface area (Å²) >= 11 is 0. The van der Waals surface area contributed by atoms with E-state index in [9.17, 15) is 0 Å². The first-order valence-corrected chi connectivity index (χ1v) is 4.77. The van der Waals surface area contributed by atoms with Crippen LogP contribution in [0.4, 0.5) is 0 Å². The number of allylic oxidation sites excluding steroid dienone is 1. The molecule has 2 nitrogen and oxygen atoms in total. The van der Waals surface area contributed by atoms with Crippen molar-refractivity contribution >= 4 is 6.08 Å². The smallest absolute Gasteiger partial charge is 0.127 e. The summed E-state index contributed by atoms with van der Waals surface area (Å²) in [7, 11) is 0. The molecule has 14 heavy (non-hydrogen) atoms. The molecule has 0 bridgehead atoms. The lowest BCUT2D eigenvalue weighted by Gasteiger charge is -2.13. The Kier molecular flexibility index (Phi) is 4.20. The van der Waals surface area contributed by atoms with Crippen LogP contribution in [0.15, 0.2) is 30.3 Å². The fourth-order valence-electron chi connectivity index (χ4n) is 1.16. The van der Waals surface area contributed by atoms with Crippen LogP contribution in [0.25, 0.3) is 6.08 Å². The highest BCUT2D eigenvalue weighted by atomic mass is 16.5. The molecule has 0 radical (unpaired) electrons. The standard InChI is InChI=1S/C12H16O2/c1-3-6-11-7-4-5-8-12(11)14-10(2)9-13/h3-8,10,13H,9H2,1-2H3/b6-3+. The lowest BCUT2D eigenvalue weighted by Crippen LogP contribution is -2.16. The van der Waals surface area contributed by atoms with Crippen molar-refractivity contribution in [2.75, 3.05) is 6.61 Å². The molecule has 1 atom stereocenters. The van der Waals surface area contributed by atoms with Crippen molar-refractivity contribution in [3.8, 4) is 5.75 Å². The highest BCUT2D eigenvalue weighted by Crippen LogP contribution is 2.20. The van der Waals surface area contributed by atoms with Crippen LogP contribution in [-0.4, -0.2) is 17.8 Å². The van der Waals surface area contributed by atoms with Gasteiger partial charge in [-0.3, -0.25) is 0 Å². The predicted molar refractivity (Wildman–Crippen MR) is 58.3 cm³/mol. The van der Waals surface area contributed by atoms with Crippen molar-refractivity contribution in [2.45, 2.75) is 20.0 Å². The number of hydrogen-bond donors (Lipinski definition) is 1. The fourth-order valence-corrected chi connectivity index (χ4v) is 1.16. The molecule has 0 heterocycles. The molecule has 0 fully saturated rings. The molecular formula is C12H16O2. The van der Waals surface area contributed by atoms with Gasteiger partial charge in [-0.05, 0) is 19.9 Å². The fraction of sp³-hybridized carbons (Fsp3) is 0.333. The molecule has 1 rings (SSSR count). The molecule has 0 aliphatic heterocycles. The molecule has 1 unspecified atom stereocenters. The van der Waals surface area contributed by atoms with Crippen molar-refractivity contribution in [2.24, 2.45) is 0 Å². The molecule has 1 N–H and O–H groups in total. The summed E-state index contributed by atoms with van der Waals surface area (Å²) in [4.78, 5) is 0. The summed E-state index contributed by atoms with van der Waals surface area (Å²) in [5.74, 6) is 0.812.